The Morgan fingerprint density at radius 2 is 1.50 bits per heavy atom. The molecule has 0 atom stereocenters. The molecule has 0 aromatic heterocycles. The number of benzene rings is 3. The molecule has 0 unspecified atom stereocenters. The van der Waals surface area contributed by atoms with Gasteiger partial charge in [-0.3, -0.25) is 14.9 Å². The minimum atomic E-state index is -0.904. The van der Waals surface area contributed by atoms with Crippen LogP contribution in [0.2, 0.25) is 0 Å². The lowest BCUT2D eigenvalue weighted by atomic mass is 9.98. The van der Waals surface area contributed by atoms with Crippen LogP contribution in [0, 0.1) is 0 Å². The molecule has 3 aromatic carbocycles. The largest absolute Gasteiger partial charge is 0.481 e. The van der Waals surface area contributed by atoms with E-state index in [0.29, 0.717) is 24.2 Å². The Kier molecular flexibility index (Phi) is 6.92. The van der Waals surface area contributed by atoms with E-state index in [-0.39, 0.29) is 24.9 Å². The van der Waals surface area contributed by atoms with Crippen molar-refractivity contribution in [1.82, 2.24) is 4.90 Å². The highest BCUT2D eigenvalue weighted by atomic mass is 16.5. The number of ether oxygens (including phenoxy) is 1. The van der Waals surface area contributed by atoms with Gasteiger partial charge in [0.25, 0.3) is 5.91 Å². The summed E-state index contributed by atoms with van der Waals surface area (Å²) in [5.74, 6) is -1.27. The molecule has 0 saturated carbocycles. The molecular weight excluding hydrogens is 432 g/mol. The predicted octanol–water partition coefficient (Wildman–Crippen LogP) is 4.98. The first-order valence-electron chi connectivity index (χ1n) is 11.1. The van der Waals surface area contributed by atoms with Crippen molar-refractivity contribution in [2.24, 2.45) is 0 Å². The van der Waals surface area contributed by atoms with Crippen molar-refractivity contribution in [3.63, 3.8) is 0 Å². The lowest BCUT2D eigenvalue weighted by molar-refractivity contribution is -0.137. The average Bonchev–Trinajstić information content (AvgIpc) is 3.16. The molecule has 1 aliphatic rings. The van der Waals surface area contributed by atoms with Crippen molar-refractivity contribution in [1.29, 1.82) is 0 Å². The number of carbonyl (C=O) groups excluding carboxylic acids is 2. The third kappa shape index (κ3) is 4.93. The van der Waals surface area contributed by atoms with E-state index in [1.807, 2.05) is 24.3 Å². The SMILES string of the molecule is CN(CCCC(=O)O)C(=O)c1ccccc1NC(=O)OCC1c2ccccc2-c2ccccc21. The number of carboxylic acid groups (broad SMARTS) is 1. The highest BCUT2D eigenvalue weighted by molar-refractivity contribution is 6.02. The predicted molar refractivity (Wildman–Crippen MR) is 129 cm³/mol. The standard InChI is InChI=1S/C27H26N2O5/c1-29(16-8-15-25(30)31)26(32)22-13-6-7-14-24(22)28-27(33)34-17-23-20-11-4-2-9-18(20)19-10-3-5-12-21(19)23/h2-7,9-14,23H,8,15-17H2,1H3,(H,28,33)(H,30,31). The Morgan fingerprint density at radius 1 is 0.912 bits per heavy atom. The monoisotopic (exact) mass is 458 g/mol. The van der Waals surface area contributed by atoms with Crippen molar-refractivity contribution >= 4 is 23.7 Å². The van der Waals surface area contributed by atoms with Gasteiger partial charge in [0.1, 0.15) is 6.61 Å². The second-order valence-electron chi connectivity index (χ2n) is 8.22. The highest BCUT2D eigenvalue weighted by Gasteiger charge is 2.29. The van der Waals surface area contributed by atoms with E-state index in [0.717, 1.165) is 22.3 Å². The number of amides is 2. The molecule has 3 aromatic rings. The first-order valence-corrected chi connectivity index (χ1v) is 11.1. The first-order chi connectivity index (χ1) is 16.5. The Morgan fingerprint density at radius 3 is 2.15 bits per heavy atom. The second kappa shape index (κ2) is 10.2. The number of hydrogen-bond donors (Lipinski definition) is 2. The summed E-state index contributed by atoms with van der Waals surface area (Å²) in [4.78, 5) is 37.7. The van der Waals surface area contributed by atoms with Crippen LogP contribution in [0.3, 0.4) is 0 Å². The third-order valence-corrected chi connectivity index (χ3v) is 5.97. The molecule has 1 aliphatic carbocycles. The Hall–Kier alpha value is -4.13. The van der Waals surface area contributed by atoms with E-state index in [2.05, 4.69) is 29.6 Å². The summed E-state index contributed by atoms with van der Waals surface area (Å²) in [5, 5.41) is 11.5. The zero-order valence-electron chi connectivity index (χ0n) is 18.9. The van der Waals surface area contributed by atoms with E-state index in [1.54, 1.807) is 31.3 Å². The van der Waals surface area contributed by atoms with Crippen LogP contribution in [-0.4, -0.2) is 48.2 Å². The summed E-state index contributed by atoms with van der Waals surface area (Å²) in [7, 11) is 1.61. The molecule has 0 aliphatic heterocycles. The molecule has 2 N–H and O–H groups in total. The molecule has 4 rings (SSSR count). The molecular formula is C27H26N2O5. The summed E-state index contributed by atoms with van der Waals surface area (Å²) >= 11 is 0. The highest BCUT2D eigenvalue weighted by Crippen LogP contribution is 2.44. The van der Waals surface area contributed by atoms with Crippen LogP contribution in [0.4, 0.5) is 10.5 Å². The minimum absolute atomic E-state index is 0.0166. The van der Waals surface area contributed by atoms with E-state index in [9.17, 15) is 14.4 Å². The number of nitrogens with one attached hydrogen (secondary N) is 1. The fraction of sp³-hybridized carbons (Fsp3) is 0.222. The molecule has 0 heterocycles. The molecule has 7 nitrogen and oxygen atoms in total. The quantitative estimate of drug-likeness (QED) is 0.496. The summed E-state index contributed by atoms with van der Waals surface area (Å²) in [6, 6.07) is 22.9. The van der Waals surface area contributed by atoms with Gasteiger partial charge in [-0.05, 0) is 40.8 Å². The number of carbonyl (C=O) groups is 3. The summed E-state index contributed by atoms with van der Waals surface area (Å²) in [6.07, 6.45) is -0.313. The van der Waals surface area contributed by atoms with Gasteiger partial charge in [0.15, 0.2) is 0 Å². The van der Waals surface area contributed by atoms with E-state index >= 15 is 0 Å². The topological polar surface area (TPSA) is 95.9 Å². The fourth-order valence-electron chi connectivity index (χ4n) is 4.30. The van der Waals surface area contributed by atoms with Crippen LogP contribution in [0.25, 0.3) is 11.1 Å². The van der Waals surface area contributed by atoms with Crippen LogP contribution < -0.4 is 5.32 Å². The molecule has 7 heteroatoms. The lowest BCUT2D eigenvalue weighted by Crippen LogP contribution is -2.29. The van der Waals surface area contributed by atoms with Crippen LogP contribution in [-0.2, 0) is 9.53 Å². The molecule has 0 fully saturated rings. The van der Waals surface area contributed by atoms with Gasteiger partial charge in [0, 0.05) is 25.9 Å². The van der Waals surface area contributed by atoms with Crippen molar-refractivity contribution in [3.8, 4) is 11.1 Å². The summed E-state index contributed by atoms with van der Waals surface area (Å²) < 4.78 is 5.59. The second-order valence-corrected chi connectivity index (χ2v) is 8.22. The smallest absolute Gasteiger partial charge is 0.411 e. The number of anilines is 1. The van der Waals surface area contributed by atoms with Gasteiger partial charge in [-0.25, -0.2) is 4.79 Å². The fourth-order valence-corrected chi connectivity index (χ4v) is 4.30. The molecule has 0 saturated heterocycles. The number of para-hydroxylation sites is 1. The minimum Gasteiger partial charge on any atom is -0.481 e. The van der Waals surface area contributed by atoms with Crippen molar-refractivity contribution in [2.75, 3.05) is 25.5 Å². The molecule has 34 heavy (non-hydrogen) atoms. The van der Waals surface area contributed by atoms with Gasteiger partial charge in [-0.1, -0.05) is 60.7 Å². The van der Waals surface area contributed by atoms with Crippen molar-refractivity contribution in [2.45, 2.75) is 18.8 Å². The molecule has 0 spiro atoms. The van der Waals surface area contributed by atoms with Gasteiger partial charge in [-0.15, -0.1) is 0 Å². The maximum Gasteiger partial charge on any atom is 0.411 e. The van der Waals surface area contributed by atoms with Gasteiger partial charge in [-0.2, -0.15) is 0 Å². The maximum absolute atomic E-state index is 12.9. The molecule has 174 valence electrons. The first kappa shape index (κ1) is 23.0. The Labute approximate surface area is 198 Å². The Bertz CT molecular complexity index is 1180. The number of rotatable bonds is 8. The van der Waals surface area contributed by atoms with Gasteiger partial charge >= 0.3 is 12.1 Å². The van der Waals surface area contributed by atoms with E-state index < -0.39 is 12.1 Å². The normalized spacial score (nSPS) is 11.9. The number of nitrogens with zero attached hydrogens (tertiary/aromatic N) is 1. The maximum atomic E-state index is 12.9. The van der Waals surface area contributed by atoms with Crippen molar-refractivity contribution < 1.29 is 24.2 Å². The van der Waals surface area contributed by atoms with E-state index in [4.69, 9.17) is 9.84 Å². The van der Waals surface area contributed by atoms with Crippen molar-refractivity contribution in [3.05, 3.63) is 89.5 Å². The van der Waals surface area contributed by atoms with Gasteiger partial charge in [0.05, 0.1) is 11.3 Å². The third-order valence-electron chi connectivity index (χ3n) is 5.97. The van der Waals surface area contributed by atoms with Crippen LogP contribution in [0.1, 0.15) is 40.2 Å². The molecule has 0 bridgehead atoms. The number of carboxylic acids is 1. The number of fused-ring (bicyclic) bond motifs is 3. The van der Waals surface area contributed by atoms with Gasteiger partial charge < -0.3 is 14.7 Å². The van der Waals surface area contributed by atoms with Crippen LogP contribution in [0.15, 0.2) is 72.8 Å². The Balaban J connectivity index is 1.42. The number of aliphatic carboxylic acids is 1. The summed E-state index contributed by atoms with van der Waals surface area (Å²) in [6.45, 7) is 0.468. The summed E-state index contributed by atoms with van der Waals surface area (Å²) in [5.41, 5.74) is 5.19. The number of hydrogen-bond acceptors (Lipinski definition) is 4. The van der Waals surface area contributed by atoms with Crippen LogP contribution >= 0.6 is 0 Å². The zero-order chi connectivity index (χ0) is 24.1. The lowest BCUT2D eigenvalue weighted by Gasteiger charge is -2.19. The molecule has 0 radical (unpaired) electrons. The van der Waals surface area contributed by atoms with E-state index in [1.165, 1.54) is 4.90 Å². The zero-order valence-corrected chi connectivity index (χ0v) is 18.9. The van der Waals surface area contributed by atoms with Gasteiger partial charge in [0.2, 0.25) is 0 Å². The average molecular weight is 459 g/mol. The van der Waals surface area contributed by atoms with Crippen LogP contribution in [0.5, 0.6) is 0 Å². The molecule has 2 amide bonds.